The number of imidazole rings is 1. The van der Waals surface area contributed by atoms with E-state index in [1.165, 1.54) is 5.56 Å². The SMILES string of the molecule is Cc1ncn(C)c1C(=O)NC1C2CN3CCN(C2)CC1(c1ccccc1)C3. The number of amides is 1. The van der Waals surface area contributed by atoms with Gasteiger partial charge in [0.15, 0.2) is 0 Å². The van der Waals surface area contributed by atoms with E-state index in [2.05, 4.69) is 50.4 Å². The van der Waals surface area contributed by atoms with Gasteiger partial charge in [0.05, 0.1) is 12.0 Å². The molecule has 142 valence electrons. The Morgan fingerprint density at radius 3 is 2.41 bits per heavy atom. The van der Waals surface area contributed by atoms with Crippen LogP contribution in [-0.2, 0) is 12.5 Å². The molecule has 3 atom stereocenters. The Morgan fingerprint density at radius 2 is 1.81 bits per heavy atom. The fourth-order valence-corrected chi connectivity index (χ4v) is 5.65. The second kappa shape index (κ2) is 6.17. The lowest BCUT2D eigenvalue weighted by molar-refractivity contribution is 0.0178. The molecular weight excluding hydrogens is 338 g/mol. The number of aromatic nitrogens is 2. The van der Waals surface area contributed by atoms with Crippen LogP contribution in [0.3, 0.4) is 0 Å². The second-order valence-electron chi connectivity index (χ2n) is 8.49. The van der Waals surface area contributed by atoms with E-state index in [0.29, 0.717) is 11.6 Å². The second-order valence-corrected chi connectivity index (χ2v) is 8.49. The summed E-state index contributed by atoms with van der Waals surface area (Å²) in [6, 6.07) is 10.9. The minimum absolute atomic E-state index is 0.00366. The number of piperidine rings is 2. The molecule has 0 spiro atoms. The lowest BCUT2D eigenvalue weighted by atomic mass is 9.64. The third kappa shape index (κ3) is 2.62. The Morgan fingerprint density at radius 1 is 1.15 bits per heavy atom. The third-order valence-electron chi connectivity index (χ3n) is 6.77. The number of fused-ring (bicyclic) bond motifs is 1. The molecule has 4 fully saturated rings. The number of carbonyl (C=O) groups is 1. The van der Waals surface area contributed by atoms with Crippen LogP contribution in [0.2, 0.25) is 0 Å². The molecule has 0 aliphatic carbocycles. The highest BCUT2D eigenvalue weighted by Crippen LogP contribution is 2.43. The zero-order chi connectivity index (χ0) is 18.6. The summed E-state index contributed by atoms with van der Waals surface area (Å²) < 4.78 is 1.83. The normalized spacial score (nSPS) is 34.4. The molecule has 4 saturated heterocycles. The van der Waals surface area contributed by atoms with Crippen molar-refractivity contribution in [2.45, 2.75) is 18.4 Å². The first kappa shape index (κ1) is 17.0. The standard InChI is InChI=1S/C21H27N5O/c1-15-18(24(2)14-22-15)20(27)23-19-16-10-25-8-9-26(11-16)13-21(19,12-25)17-6-4-3-5-7-17/h3-7,14,16,19H,8-13H2,1-2H3,(H,23,27). The van der Waals surface area contributed by atoms with Crippen LogP contribution in [0.1, 0.15) is 21.7 Å². The molecule has 4 bridgehead atoms. The quantitative estimate of drug-likeness (QED) is 0.883. The van der Waals surface area contributed by atoms with Crippen LogP contribution in [0.15, 0.2) is 36.7 Å². The Labute approximate surface area is 160 Å². The number of nitrogens with one attached hydrogen (secondary N) is 1. The van der Waals surface area contributed by atoms with Gasteiger partial charge in [-0.15, -0.1) is 0 Å². The zero-order valence-electron chi connectivity index (χ0n) is 16.1. The van der Waals surface area contributed by atoms with Crippen LogP contribution >= 0.6 is 0 Å². The predicted octanol–water partition coefficient (Wildman–Crippen LogP) is 1.03. The van der Waals surface area contributed by atoms with Crippen LogP contribution in [0, 0.1) is 12.8 Å². The first-order valence-electron chi connectivity index (χ1n) is 9.86. The summed E-state index contributed by atoms with van der Waals surface area (Å²) in [4.78, 5) is 22.7. The molecule has 1 aromatic carbocycles. The monoisotopic (exact) mass is 365 g/mol. The van der Waals surface area contributed by atoms with Gasteiger partial charge < -0.3 is 19.7 Å². The number of hydrogen-bond donors (Lipinski definition) is 1. The summed E-state index contributed by atoms with van der Waals surface area (Å²) >= 11 is 0. The fraction of sp³-hybridized carbons (Fsp3) is 0.524. The number of hydrogen-bond acceptors (Lipinski definition) is 4. The van der Waals surface area contributed by atoms with Crippen LogP contribution in [0.25, 0.3) is 0 Å². The Balaban J connectivity index is 1.55. The minimum atomic E-state index is -0.0545. The molecule has 2 aromatic rings. The van der Waals surface area contributed by atoms with E-state index < -0.39 is 0 Å². The number of benzene rings is 1. The van der Waals surface area contributed by atoms with Crippen molar-refractivity contribution in [2.75, 3.05) is 39.3 Å². The maximum atomic E-state index is 13.2. The van der Waals surface area contributed by atoms with E-state index >= 15 is 0 Å². The summed E-state index contributed by atoms with van der Waals surface area (Å²) in [6.45, 7) is 8.33. The average molecular weight is 365 g/mol. The molecule has 1 N–H and O–H groups in total. The first-order chi connectivity index (χ1) is 13.1. The molecule has 4 aliphatic rings. The highest BCUT2D eigenvalue weighted by Gasteiger charge is 2.55. The van der Waals surface area contributed by atoms with Crippen LogP contribution in [0.5, 0.6) is 0 Å². The molecule has 1 aromatic heterocycles. The van der Waals surface area contributed by atoms with Crippen molar-refractivity contribution in [3.8, 4) is 0 Å². The minimum Gasteiger partial charge on any atom is -0.347 e. The fourth-order valence-electron chi connectivity index (χ4n) is 5.65. The summed E-state index contributed by atoms with van der Waals surface area (Å²) in [5.74, 6) is 0.455. The average Bonchev–Trinajstić information content (AvgIpc) is 2.83. The van der Waals surface area contributed by atoms with Crippen molar-refractivity contribution in [2.24, 2.45) is 13.0 Å². The molecular formula is C21H27N5O. The molecule has 27 heavy (non-hydrogen) atoms. The van der Waals surface area contributed by atoms with E-state index in [4.69, 9.17) is 0 Å². The van der Waals surface area contributed by atoms with E-state index in [0.717, 1.165) is 45.0 Å². The summed E-state index contributed by atoms with van der Waals surface area (Å²) in [5, 5.41) is 3.46. The molecule has 6 nitrogen and oxygen atoms in total. The van der Waals surface area contributed by atoms with Crippen molar-refractivity contribution in [1.82, 2.24) is 24.7 Å². The maximum absolute atomic E-state index is 13.2. The molecule has 1 amide bonds. The van der Waals surface area contributed by atoms with Crippen molar-refractivity contribution >= 4 is 5.91 Å². The smallest absolute Gasteiger partial charge is 0.270 e. The number of carbonyl (C=O) groups excluding carboxylic acids is 1. The maximum Gasteiger partial charge on any atom is 0.270 e. The van der Waals surface area contributed by atoms with Crippen LogP contribution < -0.4 is 5.32 Å². The van der Waals surface area contributed by atoms with Crippen LogP contribution in [-0.4, -0.2) is 70.6 Å². The molecule has 0 saturated carbocycles. The molecule has 5 heterocycles. The third-order valence-corrected chi connectivity index (χ3v) is 6.77. The summed E-state index contributed by atoms with van der Waals surface area (Å²) in [5.41, 5.74) is 2.75. The molecule has 3 unspecified atom stereocenters. The van der Waals surface area contributed by atoms with E-state index in [9.17, 15) is 4.79 Å². The van der Waals surface area contributed by atoms with E-state index in [1.807, 2.05) is 18.5 Å². The van der Waals surface area contributed by atoms with Crippen molar-refractivity contribution in [1.29, 1.82) is 0 Å². The number of aryl methyl sites for hydroxylation is 2. The molecule has 4 aliphatic heterocycles. The molecule has 0 radical (unpaired) electrons. The van der Waals surface area contributed by atoms with Gasteiger partial charge in [-0.25, -0.2) is 4.98 Å². The van der Waals surface area contributed by atoms with Gasteiger partial charge >= 0.3 is 0 Å². The lowest BCUT2D eigenvalue weighted by Gasteiger charge is -2.55. The highest BCUT2D eigenvalue weighted by atomic mass is 16.2. The Bertz CT molecular complexity index is 825. The zero-order valence-corrected chi connectivity index (χ0v) is 16.1. The van der Waals surface area contributed by atoms with Crippen LogP contribution in [0.4, 0.5) is 0 Å². The highest BCUT2D eigenvalue weighted by molar-refractivity contribution is 5.94. The van der Waals surface area contributed by atoms with E-state index in [-0.39, 0.29) is 17.4 Å². The van der Waals surface area contributed by atoms with E-state index in [1.54, 1.807) is 6.33 Å². The van der Waals surface area contributed by atoms with Gasteiger partial charge in [-0.05, 0) is 12.5 Å². The van der Waals surface area contributed by atoms with Crippen molar-refractivity contribution < 1.29 is 4.79 Å². The van der Waals surface area contributed by atoms with Gasteiger partial charge in [0.2, 0.25) is 0 Å². The number of nitrogens with zero attached hydrogens (tertiary/aromatic N) is 4. The molecule has 6 rings (SSSR count). The molecule has 6 heteroatoms. The van der Waals surface area contributed by atoms with Gasteiger partial charge in [-0.3, -0.25) is 4.79 Å². The topological polar surface area (TPSA) is 53.4 Å². The van der Waals surface area contributed by atoms with Gasteiger partial charge in [-0.1, -0.05) is 30.3 Å². The number of rotatable bonds is 3. The van der Waals surface area contributed by atoms with Gasteiger partial charge in [-0.2, -0.15) is 0 Å². The van der Waals surface area contributed by atoms with Gasteiger partial charge in [0.25, 0.3) is 5.91 Å². The Kier molecular flexibility index (Phi) is 3.88. The largest absolute Gasteiger partial charge is 0.347 e. The Hall–Kier alpha value is -2.18. The summed E-state index contributed by atoms with van der Waals surface area (Å²) in [7, 11) is 1.89. The predicted molar refractivity (Wildman–Crippen MR) is 104 cm³/mol. The summed E-state index contributed by atoms with van der Waals surface area (Å²) in [6.07, 6.45) is 1.72. The first-order valence-corrected chi connectivity index (χ1v) is 9.86. The van der Waals surface area contributed by atoms with Crippen molar-refractivity contribution in [3.05, 3.63) is 53.6 Å². The van der Waals surface area contributed by atoms with Gasteiger partial charge in [0.1, 0.15) is 5.69 Å². The van der Waals surface area contributed by atoms with Gasteiger partial charge in [0, 0.05) is 63.7 Å². The lowest BCUT2D eigenvalue weighted by Crippen LogP contribution is -2.70. The van der Waals surface area contributed by atoms with Crippen molar-refractivity contribution in [3.63, 3.8) is 0 Å².